The first-order chi connectivity index (χ1) is 7.61. The van der Waals surface area contributed by atoms with E-state index < -0.39 is 9.84 Å². The summed E-state index contributed by atoms with van der Waals surface area (Å²) in [4.78, 5) is 2.38. The van der Waals surface area contributed by atoms with Gasteiger partial charge in [0.1, 0.15) is 0 Å². The normalized spacial score (nSPS) is 35.3. The summed E-state index contributed by atoms with van der Waals surface area (Å²) in [5.41, 5.74) is 0. The minimum Gasteiger partial charge on any atom is -0.311 e. The molecule has 2 unspecified atom stereocenters. The molecule has 0 aromatic rings. The second-order valence-electron chi connectivity index (χ2n) is 4.99. The standard InChI is InChI=1S/C11H22N2O2S/c1-2-3-10-8-13(6-5-12-10)11-4-7-16(14,15)9-11/h10-12H,2-9H2,1H3. The minimum absolute atomic E-state index is 0.284. The summed E-state index contributed by atoms with van der Waals surface area (Å²) in [5.74, 6) is 0.770. The molecule has 0 radical (unpaired) electrons. The predicted octanol–water partition coefficient (Wildman–Crippen LogP) is 0.247. The van der Waals surface area contributed by atoms with Crippen molar-refractivity contribution in [2.75, 3.05) is 31.1 Å². The van der Waals surface area contributed by atoms with E-state index in [1.807, 2.05) is 0 Å². The van der Waals surface area contributed by atoms with Gasteiger partial charge in [0, 0.05) is 31.7 Å². The lowest BCUT2D eigenvalue weighted by atomic mass is 10.1. The number of hydrogen-bond donors (Lipinski definition) is 1. The molecule has 2 aliphatic rings. The Morgan fingerprint density at radius 2 is 2.25 bits per heavy atom. The monoisotopic (exact) mass is 246 g/mol. The van der Waals surface area contributed by atoms with E-state index in [4.69, 9.17) is 0 Å². The van der Waals surface area contributed by atoms with Gasteiger partial charge in [-0.3, -0.25) is 4.90 Å². The summed E-state index contributed by atoms with van der Waals surface area (Å²) in [7, 11) is -2.74. The van der Waals surface area contributed by atoms with Crippen molar-refractivity contribution in [3.05, 3.63) is 0 Å². The molecular weight excluding hydrogens is 224 g/mol. The Labute approximate surface area is 98.3 Å². The lowest BCUT2D eigenvalue weighted by Crippen LogP contribution is -2.54. The zero-order chi connectivity index (χ0) is 11.6. The number of sulfone groups is 1. The van der Waals surface area contributed by atoms with Crippen molar-refractivity contribution in [3.8, 4) is 0 Å². The third-order valence-corrected chi connectivity index (χ3v) is 5.40. The smallest absolute Gasteiger partial charge is 0.151 e. The van der Waals surface area contributed by atoms with Crippen LogP contribution in [0.2, 0.25) is 0 Å². The lowest BCUT2D eigenvalue weighted by Gasteiger charge is -2.37. The highest BCUT2D eigenvalue weighted by Gasteiger charge is 2.34. The van der Waals surface area contributed by atoms with Crippen LogP contribution in [0.15, 0.2) is 0 Å². The van der Waals surface area contributed by atoms with Crippen LogP contribution in [0, 0.1) is 0 Å². The number of nitrogens with one attached hydrogen (secondary N) is 1. The predicted molar refractivity (Wildman–Crippen MR) is 65.3 cm³/mol. The molecule has 1 N–H and O–H groups in total. The van der Waals surface area contributed by atoms with Gasteiger partial charge in [-0.05, 0) is 12.8 Å². The highest BCUT2D eigenvalue weighted by atomic mass is 32.2. The molecule has 94 valence electrons. The van der Waals surface area contributed by atoms with E-state index in [1.54, 1.807) is 0 Å². The van der Waals surface area contributed by atoms with E-state index in [2.05, 4.69) is 17.1 Å². The Morgan fingerprint density at radius 1 is 1.44 bits per heavy atom. The fourth-order valence-electron chi connectivity index (χ4n) is 2.79. The van der Waals surface area contributed by atoms with Crippen LogP contribution in [-0.2, 0) is 9.84 Å². The first kappa shape index (κ1) is 12.3. The molecule has 2 fully saturated rings. The van der Waals surface area contributed by atoms with Gasteiger partial charge < -0.3 is 5.32 Å². The van der Waals surface area contributed by atoms with Gasteiger partial charge in [0.15, 0.2) is 9.84 Å². The Hall–Kier alpha value is -0.130. The second-order valence-corrected chi connectivity index (χ2v) is 7.22. The zero-order valence-corrected chi connectivity index (χ0v) is 10.8. The van der Waals surface area contributed by atoms with Gasteiger partial charge in [0.05, 0.1) is 11.5 Å². The average Bonchev–Trinajstić information content (AvgIpc) is 2.60. The molecular formula is C11H22N2O2S. The number of nitrogens with zero attached hydrogens (tertiary/aromatic N) is 1. The van der Waals surface area contributed by atoms with E-state index in [1.165, 1.54) is 12.8 Å². The van der Waals surface area contributed by atoms with E-state index >= 15 is 0 Å². The Balaban J connectivity index is 1.90. The maximum Gasteiger partial charge on any atom is 0.151 e. The van der Waals surface area contributed by atoms with Crippen LogP contribution < -0.4 is 5.32 Å². The van der Waals surface area contributed by atoms with Crippen molar-refractivity contribution in [3.63, 3.8) is 0 Å². The highest BCUT2D eigenvalue weighted by Crippen LogP contribution is 2.19. The molecule has 4 nitrogen and oxygen atoms in total. The number of hydrogen-bond acceptors (Lipinski definition) is 4. The fraction of sp³-hybridized carbons (Fsp3) is 1.00. The average molecular weight is 246 g/mol. The lowest BCUT2D eigenvalue weighted by molar-refractivity contribution is 0.151. The SMILES string of the molecule is CCCC1CN(C2CCS(=O)(=O)C2)CCN1. The molecule has 2 atom stereocenters. The van der Waals surface area contributed by atoms with Gasteiger partial charge in [0.2, 0.25) is 0 Å². The Kier molecular flexibility index (Phi) is 3.87. The van der Waals surface area contributed by atoms with Crippen molar-refractivity contribution < 1.29 is 8.42 Å². The van der Waals surface area contributed by atoms with Gasteiger partial charge >= 0.3 is 0 Å². The fourth-order valence-corrected chi connectivity index (χ4v) is 4.55. The third-order valence-electron chi connectivity index (χ3n) is 3.65. The molecule has 0 amide bonds. The quantitative estimate of drug-likeness (QED) is 0.775. The largest absolute Gasteiger partial charge is 0.311 e. The van der Waals surface area contributed by atoms with E-state index in [9.17, 15) is 8.42 Å². The Bertz CT molecular complexity index is 327. The van der Waals surface area contributed by atoms with Crippen LogP contribution in [0.25, 0.3) is 0 Å². The molecule has 2 rings (SSSR count). The van der Waals surface area contributed by atoms with Crippen molar-refractivity contribution >= 4 is 9.84 Å². The third kappa shape index (κ3) is 2.96. The molecule has 2 heterocycles. The van der Waals surface area contributed by atoms with Gasteiger partial charge in [-0.1, -0.05) is 13.3 Å². The number of piperazine rings is 1. The molecule has 2 saturated heterocycles. The second kappa shape index (κ2) is 5.02. The number of rotatable bonds is 3. The summed E-state index contributed by atoms with van der Waals surface area (Å²) in [6.45, 7) is 5.22. The van der Waals surface area contributed by atoms with Crippen LogP contribution in [0.3, 0.4) is 0 Å². The van der Waals surface area contributed by atoms with Crippen molar-refractivity contribution in [1.82, 2.24) is 10.2 Å². The van der Waals surface area contributed by atoms with E-state index in [0.717, 1.165) is 26.1 Å². The van der Waals surface area contributed by atoms with Gasteiger partial charge in [-0.2, -0.15) is 0 Å². The molecule has 0 spiro atoms. The van der Waals surface area contributed by atoms with Crippen molar-refractivity contribution in [2.24, 2.45) is 0 Å². The molecule has 0 bridgehead atoms. The van der Waals surface area contributed by atoms with Crippen LogP contribution >= 0.6 is 0 Å². The van der Waals surface area contributed by atoms with Crippen LogP contribution in [0.1, 0.15) is 26.2 Å². The first-order valence-electron chi connectivity index (χ1n) is 6.28. The summed E-state index contributed by atoms with van der Waals surface area (Å²) in [6, 6.07) is 0.841. The summed E-state index contributed by atoms with van der Waals surface area (Å²) >= 11 is 0. The molecule has 0 aromatic carbocycles. The summed E-state index contributed by atoms with van der Waals surface area (Å²) in [5, 5.41) is 3.50. The first-order valence-corrected chi connectivity index (χ1v) is 8.11. The van der Waals surface area contributed by atoms with Crippen LogP contribution in [0.4, 0.5) is 0 Å². The summed E-state index contributed by atoms with van der Waals surface area (Å²) < 4.78 is 22.9. The molecule has 5 heteroatoms. The van der Waals surface area contributed by atoms with Gasteiger partial charge in [0.25, 0.3) is 0 Å². The molecule has 0 aromatic heterocycles. The molecule has 2 aliphatic heterocycles. The molecule has 0 aliphatic carbocycles. The zero-order valence-electron chi connectivity index (χ0n) is 9.98. The van der Waals surface area contributed by atoms with Gasteiger partial charge in [-0.25, -0.2) is 8.42 Å². The topological polar surface area (TPSA) is 49.4 Å². The van der Waals surface area contributed by atoms with Crippen molar-refractivity contribution in [2.45, 2.75) is 38.3 Å². The molecule has 0 saturated carbocycles. The van der Waals surface area contributed by atoms with Gasteiger partial charge in [-0.15, -0.1) is 0 Å². The van der Waals surface area contributed by atoms with E-state index in [-0.39, 0.29) is 6.04 Å². The van der Waals surface area contributed by atoms with Crippen molar-refractivity contribution in [1.29, 1.82) is 0 Å². The molecule has 16 heavy (non-hydrogen) atoms. The van der Waals surface area contributed by atoms with Crippen LogP contribution in [0.5, 0.6) is 0 Å². The van der Waals surface area contributed by atoms with E-state index in [0.29, 0.717) is 17.5 Å². The minimum atomic E-state index is -2.74. The highest BCUT2D eigenvalue weighted by molar-refractivity contribution is 7.91. The summed E-state index contributed by atoms with van der Waals surface area (Å²) in [6.07, 6.45) is 3.21. The maximum atomic E-state index is 11.4. The van der Waals surface area contributed by atoms with Crippen LogP contribution in [-0.4, -0.2) is 56.5 Å². The Morgan fingerprint density at radius 3 is 2.88 bits per heavy atom. The maximum absolute atomic E-state index is 11.4.